The molecule has 102 valence electrons. The number of thiophene rings is 1. The summed E-state index contributed by atoms with van der Waals surface area (Å²) >= 11 is 1.60. The lowest BCUT2D eigenvalue weighted by Gasteiger charge is -2.16. The normalized spacial score (nSPS) is 13.2. The molecule has 7 heteroatoms. The van der Waals surface area contributed by atoms with Gasteiger partial charge in [-0.3, -0.25) is 0 Å². The van der Waals surface area contributed by atoms with Gasteiger partial charge >= 0.3 is 0 Å². The summed E-state index contributed by atoms with van der Waals surface area (Å²) in [5, 5.41) is 12.3. The molecule has 1 unspecified atom stereocenters. The van der Waals surface area contributed by atoms with E-state index in [0.29, 0.717) is 11.4 Å². The highest BCUT2D eigenvalue weighted by molar-refractivity contribution is 7.89. The molecule has 1 aromatic heterocycles. The second-order valence-electron chi connectivity index (χ2n) is 4.22. The maximum atomic E-state index is 11.3. The molecule has 1 heterocycles. The van der Waals surface area contributed by atoms with Crippen LogP contribution < -0.4 is 16.2 Å². The number of rotatable bonds is 4. The quantitative estimate of drug-likeness (QED) is 0.753. The van der Waals surface area contributed by atoms with Gasteiger partial charge in [0.1, 0.15) is 0 Å². The van der Waals surface area contributed by atoms with Crippen molar-refractivity contribution in [1.29, 1.82) is 0 Å². The Morgan fingerprint density at radius 2 is 2.05 bits per heavy atom. The van der Waals surface area contributed by atoms with E-state index in [0.717, 1.165) is 5.56 Å². The van der Waals surface area contributed by atoms with Gasteiger partial charge in [0.05, 0.1) is 16.3 Å². The molecular formula is C12H15N3O2S2. The van der Waals surface area contributed by atoms with Crippen molar-refractivity contribution in [3.8, 4) is 0 Å². The average molecular weight is 297 g/mol. The molecular weight excluding hydrogens is 282 g/mol. The second-order valence-corrected chi connectivity index (χ2v) is 6.56. The molecule has 0 saturated carbocycles. The van der Waals surface area contributed by atoms with E-state index in [1.165, 1.54) is 18.2 Å². The van der Waals surface area contributed by atoms with Gasteiger partial charge in [0.25, 0.3) is 0 Å². The Balaban J connectivity index is 2.30. The summed E-state index contributed by atoms with van der Waals surface area (Å²) < 4.78 is 22.6. The Bertz CT molecular complexity index is 666. The lowest BCUT2D eigenvalue weighted by Crippen LogP contribution is -2.14. The molecule has 5 nitrogen and oxygen atoms in total. The van der Waals surface area contributed by atoms with Crippen molar-refractivity contribution in [3.63, 3.8) is 0 Å². The van der Waals surface area contributed by atoms with Gasteiger partial charge in [-0.1, -0.05) is 0 Å². The first-order chi connectivity index (χ1) is 8.88. The van der Waals surface area contributed by atoms with E-state index in [2.05, 4.69) is 5.32 Å². The summed E-state index contributed by atoms with van der Waals surface area (Å²) in [5.74, 6) is 0. The Kier molecular flexibility index (Phi) is 3.79. The smallest absolute Gasteiger partial charge is 0.238 e. The zero-order valence-electron chi connectivity index (χ0n) is 10.3. The van der Waals surface area contributed by atoms with Crippen LogP contribution in [-0.4, -0.2) is 8.42 Å². The Hall–Kier alpha value is -1.57. The summed E-state index contributed by atoms with van der Waals surface area (Å²) in [4.78, 5) is 0.0433. The van der Waals surface area contributed by atoms with E-state index in [4.69, 9.17) is 10.9 Å². The highest BCUT2D eigenvalue weighted by atomic mass is 32.2. The highest BCUT2D eigenvalue weighted by Gasteiger charge is 2.12. The second kappa shape index (κ2) is 5.20. The minimum atomic E-state index is -3.73. The van der Waals surface area contributed by atoms with Crippen LogP contribution in [0.1, 0.15) is 18.5 Å². The van der Waals surface area contributed by atoms with Crippen LogP contribution in [0.5, 0.6) is 0 Å². The van der Waals surface area contributed by atoms with Gasteiger partial charge in [-0.2, -0.15) is 11.3 Å². The Morgan fingerprint density at radius 1 is 1.32 bits per heavy atom. The maximum Gasteiger partial charge on any atom is 0.238 e. The third-order valence-corrected chi connectivity index (χ3v) is 4.38. The van der Waals surface area contributed by atoms with Crippen LogP contribution in [0.2, 0.25) is 0 Å². The summed E-state index contributed by atoms with van der Waals surface area (Å²) in [7, 11) is -3.73. The van der Waals surface area contributed by atoms with Crippen LogP contribution in [-0.2, 0) is 10.0 Å². The maximum absolute atomic E-state index is 11.3. The molecule has 0 spiro atoms. The fourth-order valence-electron chi connectivity index (χ4n) is 1.68. The molecule has 0 radical (unpaired) electrons. The monoisotopic (exact) mass is 297 g/mol. The molecule has 0 amide bonds. The molecule has 0 fully saturated rings. The van der Waals surface area contributed by atoms with E-state index >= 15 is 0 Å². The molecule has 1 atom stereocenters. The predicted octanol–water partition coefficient (Wildman–Crippen LogP) is 2.15. The first-order valence-electron chi connectivity index (χ1n) is 5.59. The number of sulfonamides is 1. The van der Waals surface area contributed by atoms with E-state index < -0.39 is 10.0 Å². The van der Waals surface area contributed by atoms with Gasteiger partial charge in [0.15, 0.2) is 0 Å². The van der Waals surface area contributed by atoms with Crippen LogP contribution in [0, 0.1) is 0 Å². The van der Waals surface area contributed by atoms with Gasteiger partial charge in [-0.15, -0.1) is 0 Å². The zero-order chi connectivity index (χ0) is 14.0. The lowest BCUT2D eigenvalue weighted by atomic mass is 10.1. The van der Waals surface area contributed by atoms with Crippen LogP contribution >= 0.6 is 11.3 Å². The molecule has 0 saturated heterocycles. The lowest BCUT2D eigenvalue weighted by molar-refractivity contribution is 0.598. The van der Waals surface area contributed by atoms with E-state index in [1.807, 2.05) is 23.8 Å². The first-order valence-corrected chi connectivity index (χ1v) is 8.08. The number of benzene rings is 1. The first kappa shape index (κ1) is 13.9. The van der Waals surface area contributed by atoms with Crippen molar-refractivity contribution in [2.45, 2.75) is 17.9 Å². The summed E-state index contributed by atoms with van der Waals surface area (Å²) in [6, 6.07) is 6.41. The number of primary sulfonamides is 1. The van der Waals surface area contributed by atoms with Crippen molar-refractivity contribution in [1.82, 2.24) is 0 Å². The molecule has 0 aliphatic rings. The number of hydrogen-bond acceptors (Lipinski definition) is 5. The molecule has 0 aliphatic carbocycles. The van der Waals surface area contributed by atoms with Crippen molar-refractivity contribution in [2.75, 3.05) is 11.1 Å². The minimum absolute atomic E-state index is 0.0317. The third-order valence-electron chi connectivity index (χ3n) is 2.77. The summed E-state index contributed by atoms with van der Waals surface area (Å²) in [6.07, 6.45) is 0. The number of nitrogens with two attached hydrogens (primary N) is 2. The molecule has 2 aromatic rings. The fourth-order valence-corrected chi connectivity index (χ4v) is 2.97. The molecule has 19 heavy (non-hydrogen) atoms. The van der Waals surface area contributed by atoms with E-state index in [-0.39, 0.29) is 10.9 Å². The summed E-state index contributed by atoms with van der Waals surface area (Å²) in [5.41, 5.74) is 8.00. The Labute approximate surface area is 116 Å². The SMILES string of the molecule is CC(Nc1cc(S(N)(=O)=O)ccc1N)c1ccsc1. The average Bonchev–Trinajstić information content (AvgIpc) is 2.84. The number of nitrogens with one attached hydrogen (secondary N) is 1. The number of hydrogen-bond donors (Lipinski definition) is 3. The Morgan fingerprint density at radius 3 is 2.63 bits per heavy atom. The number of anilines is 2. The summed E-state index contributed by atoms with van der Waals surface area (Å²) in [6.45, 7) is 1.98. The largest absolute Gasteiger partial charge is 0.397 e. The highest BCUT2D eigenvalue weighted by Crippen LogP contribution is 2.27. The molecule has 2 rings (SSSR count). The van der Waals surface area contributed by atoms with Crippen LogP contribution in [0.4, 0.5) is 11.4 Å². The van der Waals surface area contributed by atoms with Crippen molar-refractivity contribution < 1.29 is 8.42 Å². The van der Waals surface area contributed by atoms with Gasteiger partial charge < -0.3 is 11.1 Å². The van der Waals surface area contributed by atoms with Crippen molar-refractivity contribution in [3.05, 3.63) is 40.6 Å². The van der Waals surface area contributed by atoms with Crippen LogP contribution in [0.15, 0.2) is 39.9 Å². The van der Waals surface area contributed by atoms with Gasteiger partial charge in [-0.25, -0.2) is 13.6 Å². The molecule has 0 aliphatic heterocycles. The van der Waals surface area contributed by atoms with Crippen molar-refractivity contribution >= 4 is 32.7 Å². The predicted molar refractivity (Wildman–Crippen MR) is 78.6 cm³/mol. The third kappa shape index (κ3) is 3.25. The zero-order valence-corrected chi connectivity index (χ0v) is 12.0. The van der Waals surface area contributed by atoms with Crippen molar-refractivity contribution in [2.24, 2.45) is 5.14 Å². The van der Waals surface area contributed by atoms with Crippen LogP contribution in [0.3, 0.4) is 0 Å². The number of nitrogen functional groups attached to an aromatic ring is 1. The van der Waals surface area contributed by atoms with E-state index in [1.54, 1.807) is 11.3 Å². The molecule has 0 bridgehead atoms. The molecule has 5 N–H and O–H groups in total. The van der Waals surface area contributed by atoms with E-state index in [9.17, 15) is 8.42 Å². The topological polar surface area (TPSA) is 98.2 Å². The minimum Gasteiger partial charge on any atom is -0.397 e. The fraction of sp³-hybridized carbons (Fsp3) is 0.167. The van der Waals surface area contributed by atoms with Gasteiger partial charge in [0.2, 0.25) is 10.0 Å². The van der Waals surface area contributed by atoms with Gasteiger partial charge in [-0.05, 0) is 47.5 Å². The van der Waals surface area contributed by atoms with Crippen LogP contribution in [0.25, 0.3) is 0 Å². The standard InChI is InChI=1S/C12H15N3O2S2/c1-8(9-4-5-18-7-9)15-12-6-10(19(14,16)17)2-3-11(12)13/h2-8,15H,13H2,1H3,(H2,14,16,17). The van der Waals surface area contributed by atoms with Gasteiger partial charge in [0, 0.05) is 6.04 Å². The molecule has 1 aromatic carbocycles.